The lowest BCUT2D eigenvalue weighted by Gasteiger charge is -2.08. The molecule has 0 aliphatic carbocycles. The first-order valence-electron chi connectivity index (χ1n) is 5.61. The van der Waals surface area contributed by atoms with Crippen LogP contribution >= 0.6 is 27.5 Å². The van der Waals surface area contributed by atoms with Crippen molar-refractivity contribution < 1.29 is 9.90 Å². The highest BCUT2D eigenvalue weighted by molar-refractivity contribution is 9.10. The Labute approximate surface area is 122 Å². The fourth-order valence-electron chi connectivity index (χ4n) is 2.27. The van der Waals surface area contributed by atoms with Crippen LogP contribution in [0.1, 0.15) is 10.4 Å². The molecule has 0 fully saturated rings. The van der Waals surface area contributed by atoms with Crippen LogP contribution in [0.25, 0.3) is 21.5 Å². The molecule has 0 saturated carbocycles. The lowest BCUT2D eigenvalue weighted by atomic mass is 9.97. The molecule has 0 radical (unpaired) electrons. The monoisotopic (exact) mass is 334 g/mol. The molecule has 0 aliphatic heterocycles. The summed E-state index contributed by atoms with van der Waals surface area (Å²) >= 11 is 9.47. The maximum absolute atomic E-state index is 11.4. The van der Waals surface area contributed by atoms with Crippen LogP contribution in [0.2, 0.25) is 5.02 Å². The Morgan fingerprint density at radius 3 is 2.53 bits per heavy atom. The zero-order chi connectivity index (χ0) is 13.6. The molecule has 94 valence electrons. The third-order valence-corrected chi connectivity index (χ3v) is 3.84. The van der Waals surface area contributed by atoms with Gasteiger partial charge in [0.2, 0.25) is 0 Å². The maximum Gasteiger partial charge on any atom is 0.336 e. The van der Waals surface area contributed by atoms with Crippen LogP contribution in [0, 0.1) is 0 Å². The summed E-state index contributed by atoms with van der Waals surface area (Å²) < 4.78 is 0.948. The van der Waals surface area contributed by atoms with Crippen molar-refractivity contribution in [1.82, 2.24) is 0 Å². The van der Waals surface area contributed by atoms with E-state index < -0.39 is 5.97 Å². The summed E-state index contributed by atoms with van der Waals surface area (Å²) in [5.41, 5.74) is 0.293. The van der Waals surface area contributed by atoms with E-state index in [4.69, 9.17) is 11.6 Å². The molecule has 19 heavy (non-hydrogen) atoms. The Bertz CT molecular complexity index is 827. The zero-order valence-electron chi connectivity index (χ0n) is 9.65. The molecule has 0 heterocycles. The number of carbonyl (C=O) groups is 1. The second kappa shape index (κ2) is 4.51. The third-order valence-electron chi connectivity index (χ3n) is 3.11. The van der Waals surface area contributed by atoms with Crippen molar-refractivity contribution >= 4 is 55.0 Å². The van der Waals surface area contributed by atoms with Crippen molar-refractivity contribution in [3.8, 4) is 0 Å². The highest BCUT2D eigenvalue weighted by Gasteiger charge is 2.12. The van der Waals surface area contributed by atoms with Gasteiger partial charge in [-0.3, -0.25) is 0 Å². The van der Waals surface area contributed by atoms with Gasteiger partial charge >= 0.3 is 5.97 Å². The fraction of sp³-hybridized carbons (Fsp3) is 0. The highest BCUT2D eigenvalue weighted by atomic mass is 79.9. The van der Waals surface area contributed by atoms with E-state index in [1.165, 1.54) is 0 Å². The van der Waals surface area contributed by atoms with E-state index in [0.717, 1.165) is 20.6 Å². The molecule has 3 rings (SSSR count). The van der Waals surface area contributed by atoms with Gasteiger partial charge in [0.25, 0.3) is 0 Å². The molecule has 0 aromatic heterocycles. The van der Waals surface area contributed by atoms with E-state index in [0.29, 0.717) is 16.0 Å². The van der Waals surface area contributed by atoms with Gasteiger partial charge in [-0.2, -0.15) is 0 Å². The molecular formula is C15H8BrClO2. The van der Waals surface area contributed by atoms with Gasteiger partial charge in [0, 0.05) is 9.50 Å². The second-order valence-electron chi connectivity index (χ2n) is 4.28. The molecule has 0 unspecified atom stereocenters. The van der Waals surface area contributed by atoms with Gasteiger partial charge in [-0.15, -0.1) is 0 Å². The van der Waals surface area contributed by atoms with Gasteiger partial charge in [-0.1, -0.05) is 39.7 Å². The molecule has 1 N–H and O–H groups in total. The van der Waals surface area contributed by atoms with Crippen LogP contribution in [-0.2, 0) is 0 Å². The van der Waals surface area contributed by atoms with E-state index in [1.807, 2.05) is 18.2 Å². The predicted molar refractivity (Wildman–Crippen MR) is 81.1 cm³/mol. The van der Waals surface area contributed by atoms with Gasteiger partial charge in [0.05, 0.1) is 5.56 Å². The molecule has 0 amide bonds. The largest absolute Gasteiger partial charge is 0.478 e. The number of hydrogen-bond donors (Lipinski definition) is 1. The molecule has 0 aliphatic rings. The van der Waals surface area contributed by atoms with E-state index in [-0.39, 0.29) is 0 Å². The average molecular weight is 336 g/mol. The summed E-state index contributed by atoms with van der Waals surface area (Å²) in [6.45, 7) is 0. The maximum atomic E-state index is 11.4. The Balaban J connectivity index is 2.58. The quantitative estimate of drug-likeness (QED) is 0.628. The van der Waals surface area contributed by atoms with Gasteiger partial charge in [-0.05, 0) is 51.9 Å². The standard InChI is InChI=1S/C15H8BrClO2/c16-9-2-1-8-5-14(15(18)19)11-4-3-10(17)7-13(11)12(8)6-9/h1-7H,(H,18,19). The van der Waals surface area contributed by atoms with Crippen molar-refractivity contribution in [1.29, 1.82) is 0 Å². The van der Waals surface area contributed by atoms with Gasteiger partial charge < -0.3 is 5.11 Å². The summed E-state index contributed by atoms with van der Waals surface area (Å²) in [5.74, 6) is -0.933. The molecule has 0 atom stereocenters. The lowest BCUT2D eigenvalue weighted by Crippen LogP contribution is -1.98. The fourth-order valence-corrected chi connectivity index (χ4v) is 2.81. The van der Waals surface area contributed by atoms with Crippen LogP contribution in [0.4, 0.5) is 0 Å². The van der Waals surface area contributed by atoms with E-state index >= 15 is 0 Å². The molecule has 0 bridgehead atoms. The normalized spacial score (nSPS) is 11.1. The minimum atomic E-state index is -0.933. The van der Waals surface area contributed by atoms with Crippen molar-refractivity contribution in [2.45, 2.75) is 0 Å². The number of hydrogen-bond acceptors (Lipinski definition) is 1. The smallest absolute Gasteiger partial charge is 0.336 e. The van der Waals surface area contributed by atoms with Crippen molar-refractivity contribution in [2.24, 2.45) is 0 Å². The molecule has 0 saturated heterocycles. The highest BCUT2D eigenvalue weighted by Crippen LogP contribution is 2.32. The summed E-state index contributed by atoms with van der Waals surface area (Å²) in [6, 6.07) is 12.7. The first kappa shape index (κ1) is 12.5. The predicted octanol–water partition coefficient (Wildman–Crippen LogP) is 5.11. The zero-order valence-corrected chi connectivity index (χ0v) is 12.0. The summed E-state index contributed by atoms with van der Waals surface area (Å²) in [4.78, 5) is 11.4. The van der Waals surface area contributed by atoms with Crippen molar-refractivity contribution in [3.05, 3.63) is 57.5 Å². The van der Waals surface area contributed by atoms with Crippen LogP contribution in [0.5, 0.6) is 0 Å². The van der Waals surface area contributed by atoms with Gasteiger partial charge in [-0.25, -0.2) is 4.79 Å². The Kier molecular flexibility index (Phi) is 2.96. The Morgan fingerprint density at radius 1 is 1.00 bits per heavy atom. The molecule has 0 spiro atoms. The molecule has 2 nitrogen and oxygen atoms in total. The Hall–Kier alpha value is -1.58. The number of benzene rings is 3. The third kappa shape index (κ3) is 2.09. The summed E-state index contributed by atoms with van der Waals surface area (Å²) in [6.07, 6.45) is 0. The van der Waals surface area contributed by atoms with Gasteiger partial charge in [0.15, 0.2) is 0 Å². The summed E-state index contributed by atoms with van der Waals surface area (Å²) in [7, 11) is 0. The number of rotatable bonds is 1. The first-order valence-corrected chi connectivity index (χ1v) is 6.78. The van der Waals surface area contributed by atoms with Crippen LogP contribution in [0.15, 0.2) is 46.9 Å². The van der Waals surface area contributed by atoms with E-state index in [9.17, 15) is 9.90 Å². The number of fused-ring (bicyclic) bond motifs is 3. The minimum absolute atomic E-state index is 0.293. The average Bonchev–Trinajstić information content (AvgIpc) is 2.37. The van der Waals surface area contributed by atoms with E-state index in [1.54, 1.807) is 24.3 Å². The second-order valence-corrected chi connectivity index (χ2v) is 5.64. The lowest BCUT2D eigenvalue weighted by molar-refractivity contribution is 0.0699. The number of halogens is 2. The molecular weight excluding hydrogens is 328 g/mol. The SMILES string of the molecule is O=C(O)c1cc2ccc(Br)cc2c2cc(Cl)ccc12. The topological polar surface area (TPSA) is 37.3 Å². The molecule has 4 heteroatoms. The van der Waals surface area contributed by atoms with Crippen LogP contribution < -0.4 is 0 Å². The number of aromatic carboxylic acids is 1. The van der Waals surface area contributed by atoms with E-state index in [2.05, 4.69) is 15.9 Å². The molecule has 3 aromatic carbocycles. The van der Waals surface area contributed by atoms with Crippen molar-refractivity contribution in [3.63, 3.8) is 0 Å². The first-order chi connectivity index (χ1) is 9.06. The minimum Gasteiger partial charge on any atom is -0.478 e. The molecule has 3 aromatic rings. The Morgan fingerprint density at radius 2 is 1.79 bits per heavy atom. The number of carboxylic acids is 1. The van der Waals surface area contributed by atoms with Crippen molar-refractivity contribution in [2.75, 3.05) is 0 Å². The number of carboxylic acid groups (broad SMARTS) is 1. The van der Waals surface area contributed by atoms with Gasteiger partial charge in [0.1, 0.15) is 0 Å². The van der Waals surface area contributed by atoms with Crippen LogP contribution in [0.3, 0.4) is 0 Å². The van der Waals surface area contributed by atoms with Crippen LogP contribution in [-0.4, -0.2) is 11.1 Å². The summed E-state index contributed by atoms with van der Waals surface area (Å²) in [5, 5.41) is 13.3.